The van der Waals surface area contributed by atoms with Crippen molar-refractivity contribution in [1.82, 2.24) is 30.3 Å². The van der Waals surface area contributed by atoms with E-state index in [0.717, 1.165) is 36.1 Å². The molecule has 1 saturated carbocycles. The van der Waals surface area contributed by atoms with Crippen molar-refractivity contribution in [1.29, 1.82) is 0 Å². The van der Waals surface area contributed by atoms with Gasteiger partial charge in [0, 0.05) is 18.3 Å². The van der Waals surface area contributed by atoms with Crippen LogP contribution in [0.25, 0.3) is 28.1 Å². The topological polar surface area (TPSA) is 137 Å². The Morgan fingerprint density at radius 2 is 2.08 bits per heavy atom. The Balaban J connectivity index is 1.55. The number of amides is 1. The molecule has 5 rings (SSSR count). The molecule has 1 amide bonds. The summed E-state index contributed by atoms with van der Waals surface area (Å²) in [6.07, 6.45) is 7.62. The molecule has 186 valence electrons. The van der Waals surface area contributed by atoms with Crippen molar-refractivity contribution in [2.24, 2.45) is 11.6 Å². The first-order valence-electron chi connectivity index (χ1n) is 11.4. The maximum Gasteiger partial charge on any atom is 0.280 e. The van der Waals surface area contributed by atoms with Crippen molar-refractivity contribution in [2.75, 3.05) is 0 Å². The van der Waals surface area contributed by atoms with Crippen LogP contribution < -0.4 is 22.3 Å². The third-order valence-corrected chi connectivity index (χ3v) is 7.42. The van der Waals surface area contributed by atoms with Crippen molar-refractivity contribution in [3.05, 3.63) is 69.8 Å². The minimum Gasteiger partial charge on any atom is -0.403 e. The number of rotatable bonds is 6. The maximum absolute atomic E-state index is 14.9. The van der Waals surface area contributed by atoms with Crippen molar-refractivity contribution < 1.29 is 9.18 Å². The number of imidazole rings is 1. The molecular formula is C24H24ClFN8OS. The lowest BCUT2D eigenvalue weighted by Gasteiger charge is -2.32. The second-order valence-corrected chi connectivity index (χ2v) is 10.2. The molecule has 1 aliphatic carbocycles. The van der Waals surface area contributed by atoms with Gasteiger partial charge in [-0.05, 0) is 43.9 Å². The molecule has 0 bridgehead atoms. The number of halogens is 2. The molecule has 12 heteroatoms. The van der Waals surface area contributed by atoms with E-state index in [2.05, 4.69) is 20.7 Å². The van der Waals surface area contributed by atoms with Crippen LogP contribution in [0.15, 0.2) is 48.9 Å². The number of carbonyl (C=O) groups is 1. The zero-order chi connectivity index (χ0) is 25.2. The smallest absolute Gasteiger partial charge is 0.280 e. The first kappa shape index (κ1) is 24.2. The first-order valence-corrected chi connectivity index (χ1v) is 12.6. The molecule has 9 nitrogen and oxygen atoms in total. The van der Waals surface area contributed by atoms with Crippen LogP contribution >= 0.6 is 22.9 Å². The van der Waals surface area contributed by atoms with Crippen molar-refractivity contribution in [3.63, 3.8) is 0 Å². The van der Waals surface area contributed by atoms with Gasteiger partial charge in [0.05, 0.1) is 34.9 Å². The number of nitrogens with two attached hydrogens (primary N) is 2. The standard InChI is InChI=1S/C24H24ClFN8OS/c25-21-12-30-24(36-21)23(35)31-13-4-3-5-14(8-13)34-20-9-17(18(10-27)33-28)29-11-19(20)32-22(34)15-6-1-2-7-16(15)26/h1-2,6-7,9-14,33H,3-5,8,27-28H2,(H,31,35)/b18-10-. The highest BCUT2D eigenvalue weighted by Crippen LogP contribution is 2.37. The van der Waals surface area contributed by atoms with Gasteiger partial charge in [-0.15, -0.1) is 0 Å². The van der Waals surface area contributed by atoms with E-state index < -0.39 is 0 Å². The molecule has 3 aromatic heterocycles. The van der Waals surface area contributed by atoms with Gasteiger partial charge < -0.3 is 21.0 Å². The van der Waals surface area contributed by atoms with Crippen LogP contribution in [0.5, 0.6) is 0 Å². The van der Waals surface area contributed by atoms with Crippen molar-refractivity contribution >= 4 is 45.6 Å². The third-order valence-electron chi connectivity index (χ3n) is 6.31. The molecule has 6 N–H and O–H groups in total. The van der Waals surface area contributed by atoms with Gasteiger partial charge in [-0.1, -0.05) is 35.1 Å². The van der Waals surface area contributed by atoms with Gasteiger partial charge in [-0.3, -0.25) is 15.6 Å². The molecule has 0 spiro atoms. The van der Waals surface area contributed by atoms with Crippen LogP contribution in [0.2, 0.25) is 4.34 Å². The summed E-state index contributed by atoms with van der Waals surface area (Å²) in [5.41, 5.74) is 11.0. The molecule has 3 heterocycles. The number of aromatic nitrogens is 4. The lowest BCUT2D eigenvalue weighted by Crippen LogP contribution is -2.39. The highest BCUT2D eigenvalue weighted by atomic mass is 35.5. The Kier molecular flexibility index (Phi) is 6.86. The molecule has 2 atom stereocenters. The predicted octanol–water partition coefficient (Wildman–Crippen LogP) is 3.98. The van der Waals surface area contributed by atoms with E-state index in [1.54, 1.807) is 24.4 Å². The zero-order valence-corrected chi connectivity index (χ0v) is 20.7. The summed E-state index contributed by atoms with van der Waals surface area (Å²) in [5, 5.41) is 3.41. The Hall–Kier alpha value is -3.54. The molecule has 1 aromatic carbocycles. The molecular weight excluding hydrogens is 503 g/mol. The van der Waals surface area contributed by atoms with E-state index in [4.69, 9.17) is 28.2 Å². The average Bonchev–Trinajstić information content (AvgIpc) is 3.49. The maximum atomic E-state index is 14.9. The van der Waals surface area contributed by atoms with Gasteiger partial charge in [-0.25, -0.2) is 14.4 Å². The second kappa shape index (κ2) is 10.2. The van der Waals surface area contributed by atoms with E-state index in [-0.39, 0.29) is 23.8 Å². The number of hydrogen-bond acceptors (Lipinski definition) is 8. The lowest BCUT2D eigenvalue weighted by molar-refractivity contribution is 0.0920. The number of carbonyl (C=O) groups excluding carboxylic acids is 1. The van der Waals surface area contributed by atoms with E-state index in [9.17, 15) is 9.18 Å². The quantitative estimate of drug-likeness (QED) is 0.220. The second-order valence-electron chi connectivity index (χ2n) is 8.53. The Morgan fingerprint density at radius 1 is 1.25 bits per heavy atom. The summed E-state index contributed by atoms with van der Waals surface area (Å²) in [4.78, 5) is 26.0. The normalized spacial score (nSPS) is 18.4. The Morgan fingerprint density at radius 3 is 2.81 bits per heavy atom. The minimum atomic E-state index is -0.366. The van der Waals surface area contributed by atoms with Crippen LogP contribution in [-0.4, -0.2) is 31.5 Å². The molecule has 1 fully saturated rings. The van der Waals surface area contributed by atoms with Crippen LogP contribution in [0, 0.1) is 5.82 Å². The Bertz CT molecular complexity index is 1450. The summed E-state index contributed by atoms with van der Waals surface area (Å²) in [7, 11) is 0. The monoisotopic (exact) mass is 526 g/mol. The summed E-state index contributed by atoms with van der Waals surface area (Å²) in [6, 6.07) is 8.26. The third kappa shape index (κ3) is 4.64. The summed E-state index contributed by atoms with van der Waals surface area (Å²) < 4.78 is 17.4. The molecule has 1 aliphatic rings. The highest BCUT2D eigenvalue weighted by Gasteiger charge is 2.29. The largest absolute Gasteiger partial charge is 0.403 e. The molecule has 0 radical (unpaired) electrons. The summed E-state index contributed by atoms with van der Waals surface area (Å²) in [5.74, 6) is 5.50. The molecule has 4 aromatic rings. The number of fused-ring (bicyclic) bond motifs is 1. The van der Waals surface area contributed by atoms with Gasteiger partial charge in [0.15, 0.2) is 5.01 Å². The van der Waals surface area contributed by atoms with Gasteiger partial charge >= 0.3 is 0 Å². The molecule has 0 saturated heterocycles. The summed E-state index contributed by atoms with van der Waals surface area (Å²) in [6.45, 7) is 0. The van der Waals surface area contributed by atoms with E-state index >= 15 is 0 Å². The van der Waals surface area contributed by atoms with Crippen LogP contribution in [0.3, 0.4) is 0 Å². The summed E-state index contributed by atoms with van der Waals surface area (Å²) >= 11 is 7.09. The highest BCUT2D eigenvalue weighted by molar-refractivity contribution is 7.17. The van der Waals surface area contributed by atoms with Gasteiger partial charge in [0.1, 0.15) is 21.5 Å². The van der Waals surface area contributed by atoms with Crippen molar-refractivity contribution in [3.8, 4) is 11.4 Å². The van der Waals surface area contributed by atoms with E-state index in [0.29, 0.717) is 44.1 Å². The van der Waals surface area contributed by atoms with E-state index in [1.165, 1.54) is 18.5 Å². The SMILES string of the molecule is N/C=C(\NN)c1cc2c(cn1)nc(-c1ccccc1F)n2C1CCCC(NC(=O)c2ncc(Cl)s2)C1. The lowest BCUT2D eigenvalue weighted by atomic mass is 9.90. The molecule has 2 unspecified atom stereocenters. The van der Waals surface area contributed by atoms with Crippen LogP contribution in [0.1, 0.15) is 47.2 Å². The number of nitrogens with one attached hydrogen (secondary N) is 2. The first-order chi connectivity index (χ1) is 17.5. The number of hydrazine groups is 1. The number of hydrogen-bond donors (Lipinski definition) is 4. The number of pyridine rings is 1. The van der Waals surface area contributed by atoms with Crippen LogP contribution in [-0.2, 0) is 0 Å². The van der Waals surface area contributed by atoms with Crippen LogP contribution in [0.4, 0.5) is 4.39 Å². The van der Waals surface area contributed by atoms with Gasteiger partial charge in [0.25, 0.3) is 5.91 Å². The number of benzene rings is 1. The Labute approximate surface area is 215 Å². The fourth-order valence-electron chi connectivity index (χ4n) is 4.69. The zero-order valence-electron chi connectivity index (χ0n) is 19.1. The van der Waals surface area contributed by atoms with Gasteiger partial charge in [0.2, 0.25) is 0 Å². The van der Waals surface area contributed by atoms with Crippen molar-refractivity contribution in [2.45, 2.75) is 37.8 Å². The fourth-order valence-corrected chi connectivity index (χ4v) is 5.51. The minimum absolute atomic E-state index is 0.0464. The predicted molar refractivity (Wildman–Crippen MR) is 138 cm³/mol. The molecule has 0 aliphatic heterocycles. The fraction of sp³-hybridized carbons (Fsp3) is 0.250. The number of nitrogens with zero attached hydrogens (tertiary/aromatic N) is 4. The average molecular weight is 527 g/mol. The van der Waals surface area contributed by atoms with E-state index in [1.807, 2.05) is 10.6 Å². The van der Waals surface area contributed by atoms with Gasteiger partial charge in [-0.2, -0.15) is 0 Å². The number of thiazole rings is 1. The molecule has 36 heavy (non-hydrogen) atoms.